The molecule has 3 rings (SSSR count). The van der Waals surface area contributed by atoms with Crippen LogP contribution in [0.5, 0.6) is 5.75 Å². The second kappa shape index (κ2) is 9.61. The molecular formula is C20H20F5N3O4S. The maximum atomic E-state index is 13.4. The van der Waals surface area contributed by atoms with Crippen molar-refractivity contribution in [1.29, 1.82) is 0 Å². The standard InChI is InChI=1S/C20H20F5N3O4S/c1-13(19(29)26-14-2-4-15(5-3-14)32-20(23,24)25)27-8-10-28(11-9-27)33(30,31)16-6-7-17(21)18(22)12-16/h2-7,12-13H,8-11H2,1H3,(H,26,29). The topological polar surface area (TPSA) is 79.0 Å². The van der Waals surface area contributed by atoms with Gasteiger partial charge in [0, 0.05) is 31.9 Å². The van der Waals surface area contributed by atoms with Crippen LogP contribution in [0.2, 0.25) is 0 Å². The number of carbonyl (C=O) groups excluding carboxylic acids is 1. The van der Waals surface area contributed by atoms with E-state index < -0.39 is 45.7 Å². The summed E-state index contributed by atoms with van der Waals surface area (Å²) in [5.74, 6) is -3.28. The molecule has 33 heavy (non-hydrogen) atoms. The highest BCUT2D eigenvalue weighted by Gasteiger charge is 2.33. The number of nitrogens with zero attached hydrogens (tertiary/aromatic N) is 2. The van der Waals surface area contributed by atoms with E-state index in [0.717, 1.165) is 28.6 Å². The van der Waals surface area contributed by atoms with Gasteiger partial charge < -0.3 is 10.1 Å². The molecule has 1 amide bonds. The summed E-state index contributed by atoms with van der Waals surface area (Å²) in [7, 11) is -4.03. The molecule has 180 valence electrons. The van der Waals surface area contributed by atoms with E-state index in [9.17, 15) is 35.2 Å². The molecule has 7 nitrogen and oxygen atoms in total. The van der Waals surface area contributed by atoms with Crippen molar-refractivity contribution in [1.82, 2.24) is 9.21 Å². The first-order valence-electron chi connectivity index (χ1n) is 9.73. The van der Waals surface area contributed by atoms with E-state index >= 15 is 0 Å². The number of anilines is 1. The average Bonchev–Trinajstić information content (AvgIpc) is 2.75. The Morgan fingerprint density at radius 2 is 1.61 bits per heavy atom. The Kier molecular flexibility index (Phi) is 7.24. The molecule has 2 aromatic rings. The minimum Gasteiger partial charge on any atom is -0.406 e. The summed E-state index contributed by atoms with van der Waals surface area (Å²) in [5.41, 5.74) is 0.265. The first kappa shape index (κ1) is 24.9. The highest BCUT2D eigenvalue weighted by atomic mass is 32.2. The zero-order valence-corrected chi connectivity index (χ0v) is 18.1. The highest BCUT2D eigenvalue weighted by molar-refractivity contribution is 7.89. The monoisotopic (exact) mass is 493 g/mol. The molecule has 0 bridgehead atoms. The van der Waals surface area contributed by atoms with Gasteiger partial charge in [-0.3, -0.25) is 9.69 Å². The Morgan fingerprint density at radius 1 is 1.00 bits per heavy atom. The fourth-order valence-corrected chi connectivity index (χ4v) is 4.70. The zero-order valence-electron chi connectivity index (χ0n) is 17.3. The lowest BCUT2D eigenvalue weighted by atomic mass is 10.2. The van der Waals surface area contributed by atoms with Gasteiger partial charge in [0.2, 0.25) is 15.9 Å². The number of sulfonamides is 1. The van der Waals surface area contributed by atoms with Crippen molar-refractivity contribution in [2.45, 2.75) is 24.2 Å². The Bertz CT molecular complexity index is 1100. The van der Waals surface area contributed by atoms with Gasteiger partial charge in [-0.15, -0.1) is 13.2 Å². The fourth-order valence-electron chi connectivity index (χ4n) is 3.27. The third-order valence-corrected chi connectivity index (χ3v) is 6.98. The van der Waals surface area contributed by atoms with Crippen molar-refractivity contribution in [3.8, 4) is 5.75 Å². The molecule has 1 saturated heterocycles. The molecule has 1 heterocycles. The third kappa shape index (κ3) is 6.18. The number of nitrogens with one attached hydrogen (secondary N) is 1. The Hall–Kier alpha value is -2.77. The van der Waals surface area contributed by atoms with Crippen LogP contribution < -0.4 is 10.1 Å². The summed E-state index contributed by atoms with van der Waals surface area (Å²) in [4.78, 5) is 13.9. The second-order valence-electron chi connectivity index (χ2n) is 7.25. The van der Waals surface area contributed by atoms with Crippen molar-refractivity contribution in [2.75, 3.05) is 31.5 Å². The Labute approximate surface area is 186 Å². The van der Waals surface area contributed by atoms with Gasteiger partial charge in [0.1, 0.15) is 5.75 Å². The largest absolute Gasteiger partial charge is 0.573 e. The molecule has 13 heteroatoms. The summed E-state index contributed by atoms with van der Waals surface area (Å²) in [6.07, 6.45) is -4.82. The number of carbonyl (C=O) groups is 1. The van der Waals surface area contributed by atoms with Gasteiger partial charge in [0.15, 0.2) is 11.6 Å². The summed E-state index contributed by atoms with van der Waals surface area (Å²) >= 11 is 0. The quantitative estimate of drug-likeness (QED) is 0.626. The van der Waals surface area contributed by atoms with E-state index in [-0.39, 0.29) is 36.8 Å². The fraction of sp³-hybridized carbons (Fsp3) is 0.350. The molecule has 2 aromatic carbocycles. The number of amides is 1. The minimum atomic E-state index is -4.82. The van der Waals surface area contributed by atoms with Gasteiger partial charge in [-0.1, -0.05) is 0 Å². The van der Waals surface area contributed by atoms with Gasteiger partial charge in [-0.25, -0.2) is 17.2 Å². The van der Waals surface area contributed by atoms with Crippen LogP contribution in [-0.2, 0) is 14.8 Å². The SMILES string of the molecule is CC(C(=O)Nc1ccc(OC(F)(F)F)cc1)N1CCN(S(=O)(=O)c2ccc(F)c(F)c2)CC1. The van der Waals surface area contributed by atoms with Crippen LogP contribution in [0.1, 0.15) is 6.92 Å². The number of alkyl halides is 3. The van der Waals surface area contributed by atoms with Crippen LogP contribution in [0.15, 0.2) is 47.4 Å². The lowest BCUT2D eigenvalue weighted by Crippen LogP contribution is -2.53. The molecular weight excluding hydrogens is 473 g/mol. The van der Waals surface area contributed by atoms with Crippen molar-refractivity contribution in [3.63, 3.8) is 0 Å². The van der Waals surface area contributed by atoms with Crippen molar-refractivity contribution in [3.05, 3.63) is 54.1 Å². The summed E-state index contributed by atoms with van der Waals surface area (Å²) < 4.78 is 93.5. The smallest absolute Gasteiger partial charge is 0.406 e. The molecule has 1 N–H and O–H groups in total. The molecule has 0 saturated carbocycles. The van der Waals surface area contributed by atoms with Crippen LogP contribution in [0.25, 0.3) is 0 Å². The van der Waals surface area contributed by atoms with E-state index in [1.54, 1.807) is 11.8 Å². The maximum Gasteiger partial charge on any atom is 0.573 e. The zero-order chi connectivity index (χ0) is 24.4. The molecule has 0 radical (unpaired) electrons. The van der Waals surface area contributed by atoms with Gasteiger partial charge in [0.05, 0.1) is 10.9 Å². The first-order valence-corrected chi connectivity index (χ1v) is 11.2. The number of ether oxygens (including phenoxy) is 1. The van der Waals surface area contributed by atoms with E-state index in [2.05, 4.69) is 10.1 Å². The van der Waals surface area contributed by atoms with E-state index in [1.165, 1.54) is 12.1 Å². The molecule has 1 aliphatic rings. The summed E-state index contributed by atoms with van der Waals surface area (Å²) in [6, 6.07) is 6.34. The average molecular weight is 493 g/mol. The summed E-state index contributed by atoms with van der Waals surface area (Å²) in [5, 5.41) is 2.58. The second-order valence-corrected chi connectivity index (χ2v) is 9.19. The molecule has 1 unspecified atom stereocenters. The third-order valence-electron chi connectivity index (χ3n) is 5.08. The van der Waals surface area contributed by atoms with E-state index in [1.807, 2.05) is 0 Å². The number of rotatable bonds is 6. The molecule has 1 fully saturated rings. The number of halogens is 5. The number of benzene rings is 2. The lowest BCUT2D eigenvalue weighted by Gasteiger charge is -2.36. The van der Waals surface area contributed by atoms with Crippen molar-refractivity contribution >= 4 is 21.6 Å². The number of hydrogen-bond acceptors (Lipinski definition) is 5. The first-order chi connectivity index (χ1) is 15.4. The maximum absolute atomic E-state index is 13.4. The van der Waals surface area contributed by atoms with Gasteiger partial charge in [-0.2, -0.15) is 4.31 Å². The van der Waals surface area contributed by atoms with Crippen molar-refractivity contribution in [2.24, 2.45) is 0 Å². The Balaban J connectivity index is 1.56. The van der Waals surface area contributed by atoms with Gasteiger partial charge >= 0.3 is 6.36 Å². The predicted molar refractivity (Wildman–Crippen MR) is 108 cm³/mol. The predicted octanol–water partition coefficient (Wildman–Crippen LogP) is 3.20. The molecule has 0 aliphatic carbocycles. The van der Waals surface area contributed by atoms with Gasteiger partial charge in [-0.05, 0) is 49.4 Å². The summed E-state index contributed by atoms with van der Waals surface area (Å²) in [6.45, 7) is 2.08. The van der Waals surface area contributed by atoms with Crippen LogP contribution in [0, 0.1) is 11.6 Å². The van der Waals surface area contributed by atoms with Gasteiger partial charge in [0.25, 0.3) is 0 Å². The van der Waals surface area contributed by atoms with Crippen LogP contribution in [0.3, 0.4) is 0 Å². The van der Waals surface area contributed by atoms with Crippen LogP contribution in [-0.4, -0.2) is 62.1 Å². The number of piperazine rings is 1. The normalized spacial score (nSPS) is 16.9. The molecule has 1 aliphatic heterocycles. The Morgan fingerprint density at radius 3 is 2.15 bits per heavy atom. The molecule has 0 aromatic heterocycles. The van der Waals surface area contributed by atoms with Crippen molar-refractivity contribution < 1.29 is 39.9 Å². The lowest BCUT2D eigenvalue weighted by molar-refractivity contribution is -0.274. The minimum absolute atomic E-state index is 0.0302. The van der Waals surface area contributed by atoms with Crippen LogP contribution >= 0.6 is 0 Å². The molecule has 0 spiro atoms. The number of hydrogen-bond donors (Lipinski definition) is 1. The van der Waals surface area contributed by atoms with Crippen LogP contribution in [0.4, 0.5) is 27.6 Å². The van der Waals surface area contributed by atoms with E-state index in [0.29, 0.717) is 6.07 Å². The molecule has 1 atom stereocenters. The van der Waals surface area contributed by atoms with E-state index in [4.69, 9.17) is 0 Å². The highest BCUT2D eigenvalue weighted by Crippen LogP contribution is 2.24.